The average molecular weight is 299 g/mol. The second-order valence-corrected chi connectivity index (χ2v) is 6.32. The maximum absolute atomic E-state index is 9.63. The van der Waals surface area contributed by atoms with E-state index in [0.717, 1.165) is 63.1 Å². The van der Waals surface area contributed by atoms with E-state index in [4.69, 9.17) is 9.72 Å². The number of nitrogens with one attached hydrogen (secondary N) is 1. The van der Waals surface area contributed by atoms with Crippen LogP contribution in [-0.4, -0.2) is 24.2 Å². The van der Waals surface area contributed by atoms with E-state index >= 15 is 0 Å². The van der Waals surface area contributed by atoms with Crippen LogP contribution in [0.3, 0.4) is 0 Å². The van der Waals surface area contributed by atoms with Crippen LogP contribution >= 0.6 is 0 Å². The van der Waals surface area contributed by atoms with Crippen LogP contribution in [-0.2, 0) is 24.0 Å². The molecular weight excluding hydrogens is 274 g/mol. The molecule has 0 amide bonds. The number of hydrogen-bond donors (Lipinski definition) is 1. The molecule has 0 spiro atoms. The fourth-order valence-corrected chi connectivity index (χ4v) is 3.61. The highest BCUT2D eigenvalue weighted by atomic mass is 16.5. The highest BCUT2D eigenvalue weighted by molar-refractivity contribution is 5.60. The normalized spacial score (nSPS) is 20.5. The molecule has 1 atom stereocenters. The minimum Gasteiger partial charge on any atom is -0.376 e. The van der Waals surface area contributed by atoms with Gasteiger partial charge >= 0.3 is 0 Å². The van der Waals surface area contributed by atoms with Gasteiger partial charge < -0.3 is 10.1 Å². The molecular formula is C18H25N3O. The monoisotopic (exact) mass is 299 g/mol. The molecule has 1 aromatic heterocycles. The molecule has 4 nitrogen and oxygen atoms in total. The summed E-state index contributed by atoms with van der Waals surface area (Å²) in [7, 11) is 0. The van der Waals surface area contributed by atoms with Crippen LogP contribution in [0.25, 0.3) is 0 Å². The second kappa shape index (κ2) is 7.11. The summed E-state index contributed by atoms with van der Waals surface area (Å²) in [6.45, 7) is 3.80. The van der Waals surface area contributed by atoms with Crippen molar-refractivity contribution in [3.8, 4) is 6.07 Å². The minimum absolute atomic E-state index is 0.263. The molecule has 0 radical (unpaired) electrons. The van der Waals surface area contributed by atoms with Crippen LogP contribution < -0.4 is 5.32 Å². The Hall–Kier alpha value is -1.60. The van der Waals surface area contributed by atoms with Crippen molar-refractivity contribution in [3.05, 3.63) is 22.4 Å². The van der Waals surface area contributed by atoms with Crippen molar-refractivity contribution in [1.29, 1.82) is 5.26 Å². The fourth-order valence-electron chi connectivity index (χ4n) is 3.61. The van der Waals surface area contributed by atoms with Crippen LogP contribution in [0.2, 0.25) is 0 Å². The van der Waals surface area contributed by atoms with E-state index in [1.807, 2.05) is 0 Å². The number of aromatic nitrogens is 1. The first-order valence-corrected chi connectivity index (χ1v) is 8.63. The Kier molecular flexibility index (Phi) is 4.94. The molecule has 0 aromatic carbocycles. The standard InChI is InChI=1S/C18H25N3O/c1-2-6-17-15-9-4-3-8-14(15)16(11-19)18(21-17)20-12-13-7-5-10-22-13/h13H,2-10,12H2,1H3,(H,20,21)/t13-/m1/s1. The molecule has 2 aliphatic rings. The molecule has 2 heterocycles. The summed E-state index contributed by atoms with van der Waals surface area (Å²) in [6, 6.07) is 2.40. The van der Waals surface area contributed by atoms with Crippen molar-refractivity contribution >= 4 is 5.82 Å². The quantitative estimate of drug-likeness (QED) is 0.905. The van der Waals surface area contributed by atoms with Crippen LogP contribution in [0.15, 0.2) is 0 Å². The predicted molar refractivity (Wildman–Crippen MR) is 87.1 cm³/mol. The maximum Gasteiger partial charge on any atom is 0.144 e. The number of ether oxygens (including phenoxy) is 1. The van der Waals surface area contributed by atoms with Crippen molar-refractivity contribution < 1.29 is 4.74 Å². The third-order valence-corrected chi connectivity index (χ3v) is 4.72. The van der Waals surface area contributed by atoms with Gasteiger partial charge in [-0.2, -0.15) is 5.26 Å². The molecule has 0 saturated carbocycles. The summed E-state index contributed by atoms with van der Waals surface area (Å²) < 4.78 is 5.67. The zero-order valence-corrected chi connectivity index (χ0v) is 13.5. The summed E-state index contributed by atoms with van der Waals surface area (Å²) in [5.74, 6) is 0.780. The number of aryl methyl sites for hydroxylation is 1. The van der Waals surface area contributed by atoms with Crippen LogP contribution in [0.4, 0.5) is 5.82 Å². The van der Waals surface area contributed by atoms with E-state index < -0.39 is 0 Å². The Bertz CT molecular complexity index is 571. The van der Waals surface area contributed by atoms with Gasteiger partial charge in [-0.25, -0.2) is 4.98 Å². The van der Waals surface area contributed by atoms with Crippen molar-refractivity contribution in [2.75, 3.05) is 18.5 Å². The second-order valence-electron chi connectivity index (χ2n) is 6.32. The van der Waals surface area contributed by atoms with Gasteiger partial charge in [0.1, 0.15) is 11.9 Å². The van der Waals surface area contributed by atoms with Gasteiger partial charge in [-0.1, -0.05) is 13.3 Å². The molecule has 3 rings (SSSR count). The Balaban J connectivity index is 1.89. The van der Waals surface area contributed by atoms with Gasteiger partial charge in [0.05, 0.1) is 11.7 Å². The molecule has 4 heteroatoms. The van der Waals surface area contributed by atoms with Gasteiger partial charge in [-0.05, 0) is 56.1 Å². The smallest absolute Gasteiger partial charge is 0.144 e. The molecule has 1 N–H and O–H groups in total. The van der Waals surface area contributed by atoms with E-state index in [1.165, 1.54) is 29.7 Å². The maximum atomic E-state index is 9.63. The summed E-state index contributed by atoms with van der Waals surface area (Å²) in [6.07, 6.45) is 9.10. The first-order chi connectivity index (χ1) is 10.8. The Labute approximate surface area is 132 Å². The molecule has 1 aliphatic heterocycles. The first kappa shape index (κ1) is 15.3. The zero-order chi connectivity index (χ0) is 15.4. The van der Waals surface area contributed by atoms with Gasteiger partial charge in [-0.3, -0.25) is 0 Å². The lowest BCUT2D eigenvalue weighted by molar-refractivity contribution is 0.120. The number of anilines is 1. The highest BCUT2D eigenvalue weighted by Gasteiger charge is 2.22. The van der Waals surface area contributed by atoms with E-state index in [1.54, 1.807) is 0 Å². The number of rotatable bonds is 5. The van der Waals surface area contributed by atoms with E-state index in [2.05, 4.69) is 18.3 Å². The SMILES string of the molecule is CCCc1nc(NC[C@H]2CCCO2)c(C#N)c2c1CCCC2. The number of fused-ring (bicyclic) bond motifs is 1. The first-order valence-electron chi connectivity index (χ1n) is 8.63. The lowest BCUT2D eigenvalue weighted by atomic mass is 9.87. The van der Waals surface area contributed by atoms with E-state index in [-0.39, 0.29) is 6.10 Å². The summed E-state index contributed by atoms with van der Waals surface area (Å²) in [5, 5.41) is 13.0. The molecule has 118 valence electrons. The predicted octanol–water partition coefficient (Wildman–Crippen LogP) is 3.38. The largest absolute Gasteiger partial charge is 0.376 e. The molecule has 1 aromatic rings. The lowest BCUT2D eigenvalue weighted by Crippen LogP contribution is -2.21. The summed E-state index contributed by atoms with van der Waals surface area (Å²) >= 11 is 0. The minimum atomic E-state index is 0.263. The highest BCUT2D eigenvalue weighted by Crippen LogP contribution is 2.31. The van der Waals surface area contributed by atoms with Crippen molar-refractivity contribution in [2.45, 2.75) is 64.4 Å². The molecule has 22 heavy (non-hydrogen) atoms. The van der Waals surface area contributed by atoms with Crippen molar-refractivity contribution in [1.82, 2.24) is 4.98 Å². The molecule has 1 aliphatic carbocycles. The number of pyridine rings is 1. The lowest BCUT2D eigenvalue weighted by Gasteiger charge is -2.23. The zero-order valence-electron chi connectivity index (χ0n) is 13.5. The van der Waals surface area contributed by atoms with E-state index in [9.17, 15) is 5.26 Å². The third kappa shape index (κ3) is 3.10. The van der Waals surface area contributed by atoms with Crippen LogP contribution in [0.5, 0.6) is 0 Å². The number of nitrogens with zero attached hydrogens (tertiary/aromatic N) is 2. The topological polar surface area (TPSA) is 57.9 Å². The van der Waals surface area contributed by atoms with Crippen LogP contribution in [0.1, 0.15) is 61.4 Å². The van der Waals surface area contributed by atoms with Gasteiger partial charge in [0.15, 0.2) is 0 Å². The van der Waals surface area contributed by atoms with Gasteiger partial charge in [0.25, 0.3) is 0 Å². The summed E-state index contributed by atoms with van der Waals surface area (Å²) in [4.78, 5) is 4.82. The van der Waals surface area contributed by atoms with Gasteiger partial charge in [0.2, 0.25) is 0 Å². The molecule has 1 saturated heterocycles. The fraction of sp³-hybridized carbons (Fsp3) is 0.667. The molecule has 0 unspecified atom stereocenters. The Morgan fingerprint density at radius 2 is 2.09 bits per heavy atom. The molecule has 0 bridgehead atoms. The number of hydrogen-bond acceptors (Lipinski definition) is 4. The van der Waals surface area contributed by atoms with Crippen molar-refractivity contribution in [2.24, 2.45) is 0 Å². The Morgan fingerprint density at radius 1 is 1.27 bits per heavy atom. The van der Waals surface area contributed by atoms with Crippen molar-refractivity contribution in [3.63, 3.8) is 0 Å². The van der Waals surface area contributed by atoms with Crippen LogP contribution in [0, 0.1) is 11.3 Å². The van der Waals surface area contributed by atoms with Gasteiger partial charge in [-0.15, -0.1) is 0 Å². The van der Waals surface area contributed by atoms with E-state index in [0.29, 0.717) is 0 Å². The summed E-state index contributed by atoms with van der Waals surface area (Å²) in [5.41, 5.74) is 4.58. The average Bonchev–Trinajstić information content (AvgIpc) is 3.06. The van der Waals surface area contributed by atoms with Gasteiger partial charge in [0, 0.05) is 18.8 Å². The number of nitriles is 1. The third-order valence-electron chi connectivity index (χ3n) is 4.72. The molecule has 1 fully saturated rings. The Morgan fingerprint density at radius 3 is 2.77 bits per heavy atom.